The number of methoxy groups -OCH3 is 1. The summed E-state index contributed by atoms with van der Waals surface area (Å²) in [6.07, 6.45) is 0. The van der Waals surface area contributed by atoms with Gasteiger partial charge in [-0.3, -0.25) is 4.79 Å². The third-order valence-corrected chi connectivity index (χ3v) is 6.96. The van der Waals surface area contributed by atoms with Crippen molar-refractivity contribution in [3.05, 3.63) is 108 Å². The van der Waals surface area contributed by atoms with Gasteiger partial charge in [-0.05, 0) is 60.5 Å². The van der Waals surface area contributed by atoms with Crippen LogP contribution in [0.25, 0.3) is 11.1 Å². The van der Waals surface area contributed by atoms with Gasteiger partial charge in [0.2, 0.25) is 0 Å². The van der Waals surface area contributed by atoms with Gasteiger partial charge in [0.1, 0.15) is 23.9 Å². The highest BCUT2D eigenvalue weighted by Gasteiger charge is 2.24. The minimum Gasteiger partial charge on any atom is -0.495 e. The number of rotatable bonds is 9. The van der Waals surface area contributed by atoms with Crippen LogP contribution in [-0.4, -0.2) is 50.7 Å². The normalized spacial score (nSPS) is 13.2. The van der Waals surface area contributed by atoms with Gasteiger partial charge in [0.05, 0.1) is 19.4 Å². The SMILES string of the molecule is CCOc1ccc(C(=O)N2CCN(c3ccccc3OC)CC2)cc1COc1ccc(-c2ccccc2)cc1. The summed E-state index contributed by atoms with van der Waals surface area (Å²) in [6, 6.07) is 31.9. The second kappa shape index (κ2) is 12.4. The van der Waals surface area contributed by atoms with E-state index in [9.17, 15) is 4.79 Å². The molecular formula is C33H34N2O4. The van der Waals surface area contributed by atoms with Crippen LogP contribution < -0.4 is 19.1 Å². The van der Waals surface area contributed by atoms with Crippen molar-refractivity contribution in [1.82, 2.24) is 4.90 Å². The minimum absolute atomic E-state index is 0.0196. The fourth-order valence-corrected chi connectivity index (χ4v) is 4.88. The van der Waals surface area contributed by atoms with Crippen LogP contribution in [0.2, 0.25) is 0 Å². The second-order valence-electron chi connectivity index (χ2n) is 9.39. The number of para-hydroxylation sites is 2. The topological polar surface area (TPSA) is 51.2 Å². The van der Waals surface area contributed by atoms with E-state index in [1.54, 1.807) is 7.11 Å². The van der Waals surface area contributed by atoms with Crippen molar-refractivity contribution in [2.45, 2.75) is 13.5 Å². The molecule has 200 valence electrons. The quantitative estimate of drug-likeness (QED) is 0.258. The molecule has 0 aliphatic carbocycles. The Balaban J connectivity index is 1.25. The summed E-state index contributed by atoms with van der Waals surface area (Å²) in [5, 5.41) is 0. The standard InChI is InChI=1S/C33H34N2O4/c1-3-38-31-18-15-27(33(36)35-21-19-34(20-22-35)30-11-7-8-12-32(30)37-2)23-28(31)24-39-29-16-13-26(14-17-29)25-9-5-4-6-10-25/h4-18,23H,3,19-22,24H2,1-2H3. The van der Waals surface area contributed by atoms with Gasteiger partial charge in [0.15, 0.2) is 0 Å². The van der Waals surface area contributed by atoms with E-state index in [1.807, 2.05) is 78.6 Å². The number of nitrogens with zero attached hydrogens (tertiary/aromatic N) is 2. The molecule has 1 saturated heterocycles. The molecule has 1 amide bonds. The second-order valence-corrected chi connectivity index (χ2v) is 9.39. The summed E-state index contributed by atoms with van der Waals surface area (Å²) >= 11 is 0. The van der Waals surface area contributed by atoms with Crippen LogP contribution in [0, 0.1) is 0 Å². The first-order chi connectivity index (χ1) is 19.2. The Hall–Kier alpha value is -4.45. The third kappa shape index (κ3) is 6.17. The molecule has 0 aromatic heterocycles. The molecule has 0 radical (unpaired) electrons. The number of amides is 1. The molecule has 0 unspecified atom stereocenters. The summed E-state index contributed by atoms with van der Waals surface area (Å²) in [4.78, 5) is 17.6. The van der Waals surface area contributed by atoms with Crippen LogP contribution in [0.3, 0.4) is 0 Å². The molecule has 4 aromatic carbocycles. The number of anilines is 1. The van der Waals surface area contributed by atoms with Crippen LogP contribution in [0.5, 0.6) is 17.2 Å². The molecule has 0 atom stereocenters. The first kappa shape index (κ1) is 26.2. The number of benzene rings is 4. The number of hydrogen-bond acceptors (Lipinski definition) is 5. The van der Waals surface area contributed by atoms with E-state index in [1.165, 1.54) is 0 Å². The average Bonchev–Trinajstić information content (AvgIpc) is 3.01. The molecule has 4 aromatic rings. The van der Waals surface area contributed by atoms with Crippen LogP contribution in [0.15, 0.2) is 97.1 Å². The Morgan fingerprint density at radius 3 is 2.15 bits per heavy atom. The van der Waals surface area contributed by atoms with Crippen LogP contribution in [0.1, 0.15) is 22.8 Å². The van der Waals surface area contributed by atoms with E-state index in [4.69, 9.17) is 14.2 Å². The molecular weight excluding hydrogens is 488 g/mol. The summed E-state index contributed by atoms with van der Waals surface area (Å²) < 4.78 is 17.5. The van der Waals surface area contributed by atoms with Gasteiger partial charge in [-0.25, -0.2) is 0 Å². The average molecular weight is 523 g/mol. The van der Waals surface area contributed by atoms with Crippen LogP contribution >= 0.6 is 0 Å². The number of carbonyl (C=O) groups is 1. The molecule has 0 bridgehead atoms. The van der Waals surface area contributed by atoms with E-state index in [2.05, 4.69) is 35.2 Å². The molecule has 6 heteroatoms. The Kier molecular flexibility index (Phi) is 8.32. The van der Waals surface area contributed by atoms with Crippen molar-refractivity contribution < 1.29 is 19.0 Å². The number of piperazine rings is 1. The Bertz CT molecular complexity index is 1380. The maximum Gasteiger partial charge on any atom is 0.253 e. The van der Waals surface area contributed by atoms with Gasteiger partial charge >= 0.3 is 0 Å². The lowest BCUT2D eigenvalue weighted by molar-refractivity contribution is 0.0746. The predicted molar refractivity (Wildman–Crippen MR) is 155 cm³/mol. The van der Waals surface area contributed by atoms with Gasteiger partial charge in [-0.15, -0.1) is 0 Å². The highest BCUT2D eigenvalue weighted by atomic mass is 16.5. The van der Waals surface area contributed by atoms with E-state index >= 15 is 0 Å². The van der Waals surface area contributed by atoms with Crippen LogP contribution in [0.4, 0.5) is 5.69 Å². The van der Waals surface area contributed by atoms with Crippen molar-refractivity contribution in [3.8, 4) is 28.4 Å². The van der Waals surface area contributed by atoms with E-state index in [-0.39, 0.29) is 5.91 Å². The lowest BCUT2D eigenvalue weighted by Gasteiger charge is -2.36. The zero-order valence-corrected chi connectivity index (χ0v) is 22.5. The maximum absolute atomic E-state index is 13.4. The van der Waals surface area contributed by atoms with Crippen molar-refractivity contribution in [1.29, 1.82) is 0 Å². The van der Waals surface area contributed by atoms with Gasteiger partial charge in [-0.2, -0.15) is 0 Å². The smallest absolute Gasteiger partial charge is 0.253 e. The Labute approximate surface area is 230 Å². The summed E-state index contributed by atoms with van der Waals surface area (Å²) in [7, 11) is 1.69. The van der Waals surface area contributed by atoms with Crippen molar-refractivity contribution in [2.75, 3.05) is 44.8 Å². The van der Waals surface area contributed by atoms with Gasteiger partial charge < -0.3 is 24.0 Å². The molecule has 1 fully saturated rings. The fourth-order valence-electron chi connectivity index (χ4n) is 4.88. The summed E-state index contributed by atoms with van der Waals surface area (Å²) in [5.41, 5.74) is 4.85. The Morgan fingerprint density at radius 2 is 1.44 bits per heavy atom. The predicted octanol–water partition coefficient (Wildman–Crippen LogP) is 6.30. The molecule has 1 heterocycles. The van der Waals surface area contributed by atoms with Crippen molar-refractivity contribution in [3.63, 3.8) is 0 Å². The minimum atomic E-state index is 0.0196. The first-order valence-corrected chi connectivity index (χ1v) is 13.4. The van der Waals surface area contributed by atoms with E-state index in [0.717, 1.165) is 52.7 Å². The number of carbonyl (C=O) groups excluding carboxylic acids is 1. The molecule has 5 rings (SSSR count). The van der Waals surface area contributed by atoms with Gasteiger partial charge in [-0.1, -0.05) is 54.6 Å². The van der Waals surface area contributed by atoms with Crippen LogP contribution in [-0.2, 0) is 6.61 Å². The highest BCUT2D eigenvalue weighted by Crippen LogP contribution is 2.29. The molecule has 39 heavy (non-hydrogen) atoms. The van der Waals surface area contributed by atoms with Crippen molar-refractivity contribution >= 4 is 11.6 Å². The van der Waals surface area contributed by atoms with Crippen molar-refractivity contribution in [2.24, 2.45) is 0 Å². The highest BCUT2D eigenvalue weighted by molar-refractivity contribution is 5.94. The lowest BCUT2D eigenvalue weighted by Crippen LogP contribution is -2.48. The van der Waals surface area contributed by atoms with E-state index < -0.39 is 0 Å². The lowest BCUT2D eigenvalue weighted by atomic mass is 10.1. The zero-order valence-electron chi connectivity index (χ0n) is 22.5. The van der Waals surface area contributed by atoms with Gasteiger partial charge in [0, 0.05) is 37.3 Å². The number of hydrogen-bond donors (Lipinski definition) is 0. The molecule has 0 saturated carbocycles. The van der Waals surface area contributed by atoms with Gasteiger partial charge in [0.25, 0.3) is 5.91 Å². The largest absolute Gasteiger partial charge is 0.495 e. The number of ether oxygens (including phenoxy) is 3. The molecule has 0 N–H and O–H groups in total. The zero-order chi connectivity index (χ0) is 27.0. The van der Waals surface area contributed by atoms with E-state index in [0.29, 0.717) is 31.9 Å². The summed E-state index contributed by atoms with van der Waals surface area (Å²) in [6.45, 7) is 5.58. The molecule has 1 aliphatic rings. The monoisotopic (exact) mass is 522 g/mol. The Morgan fingerprint density at radius 1 is 0.744 bits per heavy atom. The fraction of sp³-hybridized carbons (Fsp3) is 0.242. The third-order valence-electron chi connectivity index (χ3n) is 6.96. The maximum atomic E-state index is 13.4. The first-order valence-electron chi connectivity index (χ1n) is 13.4. The molecule has 6 nitrogen and oxygen atoms in total. The summed E-state index contributed by atoms with van der Waals surface area (Å²) in [5.74, 6) is 2.37. The molecule has 1 aliphatic heterocycles. The molecule has 0 spiro atoms.